The van der Waals surface area contributed by atoms with Crippen molar-refractivity contribution in [2.24, 2.45) is 5.41 Å². The molecule has 0 unspecified atom stereocenters. The first-order valence-electron chi connectivity index (χ1n) is 5.25. The highest BCUT2D eigenvalue weighted by atomic mass is 32.2. The van der Waals surface area contributed by atoms with Crippen LogP contribution in [0, 0.1) is 17.0 Å². The van der Waals surface area contributed by atoms with E-state index in [0.717, 1.165) is 18.2 Å². The molecule has 5 nitrogen and oxygen atoms in total. The highest BCUT2D eigenvalue weighted by Crippen LogP contribution is 2.20. The van der Waals surface area contributed by atoms with E-state index in [1.807, 2.05) is 4.72 Å². The Kier molecular flexibility index (Phi) is 4.26. The molecule has 1 aromatic rings. The van der Waals surface area contributed by atoms with E-state index in [4.69, 9.17) is 5.11 Å². The molecule has 0 aliphatic rings. The number of rotatable bonds is 5. The number of aliphatic carboxylic acids is 1. The molecule has 0 saturated carbocycles. The molecule has 19 heavy (non-hydrogen) atoms. The van der Waals surface area contributed by atoms with Gasteiger partial charge in [-0.2, -0.15) is 0 Å². The van der Waals surface area contributed by atoms with E-state index in [1.54, 1.807) is 0 Å². The van der Waals surface area contributed by atoms with Gasteiger partial charge >= 0.3 is 5.97 Å². The maximum Gasteiger partial charge on any atom is 0.310 e. The first-order valence-corrected chi connectivity index (χ1v) is 6.73. The van der Waals surface area contributed by atoms with E-state index in [9.17, 15) is 22.0 Å². The molecule has 106 valence electrons. The first kappa shape index (κ1) is 15.5. The Labute approximate surface area is 109 Å². The van der Waals surface area contributed by atoms with Crippen LogP contribution in [0.4, 0.5) is 8.78 Å². The monoisotopic (exact) mass is 293 g/mol. The van der Waals surface area contributed by atoms with Crippen molar-refractivity contribution in [2.45, 2.75) is 18.7 Å². The first-order chi connectivity index (χ1) is 8.58. The SMILES string of the molecule is CC(C)(CNS(=O)(=O)c1c(F)cccc1F)C(=O)O. The molecule has 1 aromatic carbocycles. The summed E-state index contributed by atoms with van der Waals surface area (Å²) in [6, 6.07) is 2.64. The molecular weight excluding hydrogens is 280 g/mol. The van der Waals surface area contributed by atoms with Crippen LogP contribution in [0.3, 0.4) is 0 Å². The van der Waals surface area contributed by atoms with Gasteiger partial charge in [-0.1, -0.05) is 6.07 Å². The van der Waals surface area contributed by atoms with E-state index in [-0.39, 0.29) is 0 Å². The van der Waals surface area contributed by atoms with Crippen molar-refractivity contribution >= 4 is 16.0 Å². The minimum atomic E-state index is -4.45. The molecule has 0 atom stereocenters. The Morgan fingerprint density at radius 1 is 1.32 bits per heavy atom. The molecular formula is C11H13F2NO4S. The normalized spacial score (nSPS) is 12.4. The number of benzene rings is 1. The van der Waals surface area contributed by atoms with Crippen molar-refractivity contribution in [2.75, 3.05) is 6.54 Å². The molecule has 0 amide bonds. The number of carbonyl (C=O) groups is 1. The summed E-state index contributed by atoms with van der Waals surface area (Å²) in [5.41, 5.74) is -1.39. The minimum Gasteiger partial charge on any atom is -0.481 e. The standard InChI is InChI=1S/C11H13F2NO4S/c1-11(2,10(15)16)6-14-19(17,18)9-7(12)4-3-5-8(9)13/h3-5,14H,6H2,1-2H3,(H,15,16). The van der Waals surface area contributed by atoms with E-state index in [1.165, 1.54) is 13.8 Å². The van der Waals surface area contributed by atoms with Crippen molar-refractivity contribution in [1.29, 1.82) is 0 Å². The fourth-order valence-electron chi connectivity index (χ4n) is 1.16. The predicted octanol–water partition coefficient (Wildman–Crippen LogP) is 1.35. The van der Waals surface area contributed by atoms with Crippen molar-refractivity contribution in [3.05, 3.63) is 29.8 Å². The molecule has 2 N–H and O–H groups in total. The summed E-state index contributed by atoms with van der Waals surface area (Å²) in [5.74, 6) is -3.70. The quantitative estimate of drug-likeness (QED) is 0.858. The molecule has 0 aromatic heterocycles. The summed E-state index contributed by atoms with van der Waals surface area (Å²) in [6.45, 7) is 2.09. The number of carboxylic acids is 1. The Hall–Kier alpha value is -1.54. The van der Waals surface area contributed by atoms with E-state index >= 15 is 0 Å². The molecule has 0 aliphatic heterocycles. The third-order valence-electron chi connectivity index (χ3n) is 2.47. The number of hydrogen-bond acceptors (Lipinski definition) is 3. The van der Waals surface area contributed by atoms with E-state index in [0.29, 0.717) is 0 Å². The van der Waals surface area contributed by atoms with Gasteiger partial charge in [0.1, 0.15) is 11.6 Å². The molecule has 8 heteroatoms. The van der Waals surface area contributed by atoms with Crippen LogP contribution >= 0.6 is 0 Å². The van der Waals surface area contributed by atoms with Crippen molar-refractivity contribution < 1.29 is 27.1 Å². The smallest absolute Gasteiger partial charge is 0.310 e. The number of sulfonamides is 1. The van der Waals surface area contributed by atoms with Crippen LogP contribution in [0.15, 0.2) is 23.1 Å². The molecule has 1 rings (SSSR count). The second-order valence-electron chi connectivity index (χ2n) is 4.56. The average Bonchev–Trinajstić information content (AvgIpc) is 2.26. The largest absolute Gasteiger partial charge is 0.481 e. The number of nitrogens with one attached hydrogen (secondary N) is 1. The summed E-state index contributed by atoms with van der Waals surface area (Å²) in [6.07, 6.45) is 0. The molecule has 0 fully saturated rings. The second kappa shape index (κ2) is 5.22. The van der Waals surface area contributed by atoms with Gasteiger partial charge in [0.05, 0.1) is 5.41 Å². The zero-order valence-corrected chi connectivity index (χ0v) is 11.1. The van der Waals surface area contributed by atoms with Crippen LogP contribution in [-0.4, -0.2) is 26.0 Å². The van der Waals surface area contributed by atoms with E-state index in [2.05, 4.69) is 0 Å². The van der Waals surface area contributed by atoms with Crippen LogP contribution in [0.25, 0.3) is 0 Å². The van der Waals surface area contributed by atoms with Gasteiger partial charge in [-0.15, -0.1) is 0 Å². The summed E-state index contributed by atoms with van der Waals surface area (Å²) >= 11 is 0. The van der Waals surface area contributed by atoms with Crippen LogP contribution in [0.5, 0.6) is 0 Å². The lowest BCUT2D eigenvalue weighted by atomic mass is 9.95. The molecule has 0 saturated heterocycles. The van der Waals surface area contributed by atoms with Crippen LogP contribution in [0.1, 0.15) is 13.8 Å². The summed E-state index contributed by atoms with van der Waals surface area (Å²) < 4.78 is 52.1. The zero-order chi connectivity index (χ0) is 14.8. The highest BCUT2D eigenvalue weighted by Gasteiger charge is 2.31. The topological polar surface area (TPSA) is 83.5 Å². The Bertz CT molecular complexity index is 578. The second-order valence-corrected chi connectivity index (χ2v) is 6.27. The fourth-order valence-corrected chi connectivity index (χ4v) is 2.51. The lowest BCUT2D eigenvalue weighted by Gasteiger charge is -2.19. The summed E-state index contributed by atoms with van der Waals surface area (Å²) in [5, 5.41) is 8.83. The summed E-state index contributed by atoms with van der Waals surface area (Å²) in [4.78, 5) is 9.71. The van der Waals surface area contributed by atoms with Gasteiger partial charge in [0.2, 0.25) is 10.0 Å². The van der Waals surface area contributed by atoms with Gasteiger partial charge in [-0.3, -0.25) is 4.79 Å². The van der Waals surface area contributed by atoms with Gasteiger partial charge in [-0.05, 0) is 26.0 Å². The van der Waals surface area contributed by atoms with Crippen molar-refractivity contribution in [1.82, 2.24) is 4.72 Å². The number of carboxylic acid groups (broad SMARTS) is 1. The number of hydrogen-bond donors (Lipinski definition) is 2. The van der Waals surface area contributed by atoms with Gasteiger partial charge in [0.25, 0.3) is 0 Å². The van der Waals surface area contributed by atoms with Crippen LogP contribution < -0.4 is 4.72 Å². The van der Waals surface area contributed by atoms with E-state index < -0.39 is 44.5 Å². The molecule has 0 radical (unpaired) electrons. The van der Waals surface area contributed by atoms with Gasteiger partial charge in [-0.25, -0.2) is 21.9 Å². The lowest BCUT2D eigenvalue weighted by Crippen LogP contribution is -2.39. The Morgan fingerprint density at radius 2 is 1.79 bits per heavy atom. The maximum absolute atomic E-state index is 13.3. The number of halogens is 2. The van der Waals surface area contributed by atoms with Gasteiger partial charge < -0.3 is 5.11 Å². The Morgan fingerprint density at radius 3 is 2.21 bits per heavy atom. The zero-order valence-electron chi connectivity index (χ0n) is 10.3. The van der Waals surface area contributed by atoms with Crippen molar-refractivity contribution in [3.63, 3.8) is 0 Å². The molecule has 0 aliphatic carbocycles. The third kappa shape index (κ3) is 3.48. The van der Waals surface area contributed by atoms with Gasteiger partial charge in [0, 0.05) is 6.54 Å². The maximum atomic E-state index is 13.3. The Balaban J connectivity index is 3.04. The lowest BCUT2D eigenvalue weighted by molar-refractivity contribution is -0.146. The summed E-state index contributed by atoms with van der Waals surface area (Å²) in [7, 11) is -4.45. The third-order valence-corrected chi connectivity index (χ3v) is 3.92. The minimum absolute atomic E-state index is 0.488. The van der Waals surface area contributed by atoms with Crippen LogP contribution in [-0.2, 0) is 14.8 Å². The fraction of sp³-hybridized carbons (Fsp3) is 0.364. The van der Waals surface area contributed by atoms with Crippen LogP contribution in [0.2, 0.25) is 0 Å². The van der Waals surface area contributed by atoms with Crippen molar-refractivity contribution in [3.8, 4) is 0 Å². The molecule has 0 heterocycles. The average molecular weight is 293 g/mol. The highest BCUT2D eigenvalue weighted by molar-refractivity contribution is 7.89. The molecule has 0 bridgehead atoms. The van der Waals surface area contributed by atoms with Gasteiger partial charge in [0.15, 0.2) is 4.90 Å². The molecule has 0 spiro atoms. The predicted molar refractivity (Wildman–Crippen MR) is 63.0 cm³/mol.